The van der Waals surface area contributed by atoms with Gasteiger partial charge in [-0.2, -0.15) is 0 Å². The standard InChI is InChI=1S/C22H22N4O3/c1-14(8-11-20(27)23-17-6-4-3-5-7-17)29-18-9-10-19-16(12-18)13-26-15(2)21(28)25-22(26)24-19/h3-7,9-10,12,14H,2,8,11,13H2,1H3,(H,23,27)(H,24,25,28). The van der Waals surface area contributed by atoms with Crippen molar-refractivity contribution in [2.24, 2.45) is 4.99 Å². The van der Waals surface area contributed by atoms with Crippen LogP contribution in [-0.4, -0.2) is 21.6 Å². The van der Waals surface area contributed by atoms with E-state index in [0.717, 1.165) is 16.9 Å². The van der Waals surface area contributed by atoms with E-state index < -0.39 is 0 Å². The van der Waals surface area contributed by atoms with E-state index in [2.05, 4.69) is 21.9 Å². The second-order valence-electron chi connectivity index (χ2n) is 7.09. The monoisotopic (exact) mass is 390 g/mol. The Morgan fingerprint density at radius 3 is 2.90 bits per heavy atom. The van der Waals surface area contributed by atoms with Crippen LogP contribution >= 0.6 is 0 Å². The van der Waals surface area contributed by atoms with Gasteiger partial charge >= 0.3 is 0 Å². The number of aromatic amines is 1. The Bertz CT molecular complexity index is 1210. The third-order valence-corrected chi connectivity index (χ3v) is 4.85. The maximum Gasteiger partial charge on any atom is 0.274 e. The minimum atomic E-state index is -0.226. The van der Waals surface area contributed by atoms with Gasteiger partial charge in [0.15, 0.2) is 0 Å². The van der Waals surface area contributed by atoms with E-state index in [1.54, 1.807) is 4.57 Å². The number of rotatable bonds is 6. The molecule has 0 spiro atoms. The van der Waals surface area contributed by atoms with E-state index in [-0.39, 0.29) is 17.6 Å². The van der Waals surface area contributed by atoms with Crippen LogP contribution in [-0.2, 0) is 11.3 Å². The van der Waals surface area contributed by atoms with Gasteiger partial charge in [-0.25, -0.2) is 4.99 Å². The molecule has 2 aromatic carbocycles. The number of nitrogens with zero attached hydrogens (tertiary/aromatic N) is 2. The lowest BCUT2D eigenvalue weighted by Gasteiger charge is -2.17. The van der Waals surface area contributed by atoms with Crippen molar-refractivity contribution >= 4 is 23.9 Å². The summed E-state index contributed by atoms with van der Waals surface area (Å²) in [5.41, 5.74) is 2.83. The maximum atomic E-state index is 12.1. The zero-order chi connectivity index (χ0) is 20.4. The number of hydrogen-bond donors (Lipinski definition) is 2. The van der Waals surface area contributed by atoms with Crippen LogP contribution < -0.4 is 26.6 Å². The molecule has 1 aliphatic heterocycles. The zero-order valence-corrected chi connectivity index (χ0v) is 16.1. The number of fused-ring (bicyclic) bond motifs is 2. The van der Waals surface area contributed by atoms with E-state index in [1.165, 1.54) is 0 Å². The summed E-state index contributed by atoms with van der Waals surface area (Å²) in [5, 5.41) is 3.26. The van der Waals surface area contributed by atoms with E-state index in [1.807, 2.05) is 55.5 Å². The van der Waals surface area contributed by atoms with Gasteiger partial charge in [-0.3, -0.25) is 14.6 Å². The van der Waals surface area contributed by atoms with Gasteiger partial charge in [0.2, 0.25) is 11.5 Å². The van der Waals surface area contributed by atoms with Crippen molar-refractivity contribution in [3.05, 3.63) is 75.4 Å². The molecular formula is C22H22N4O3. The van der Waals surface area contributed by atoms with Crippen LogP contribution in [0.15, 0.2) is 58.3 Å². The van der Waals surface area contributed by atoms with Crippen molar-refractivity contribution in [2.75, 3.05) is 5.32 Å². The third-order valence-electron chi connectivity index (χ3n) is 4.85. The number of anilines is 1. The summed E-state index contributed by atoms with van der Waals surface area (Å²) in [6, 6.07) is 15.0. The summed E-state index contributed by atoms with van der Waals surface area (Å²) < 4.78 is 7.74. The number of imidazole rings is 1. The predicted molar refractivity (Wildman–Crippen MR) is 111 cm³/mol. The highest BCUT2D eigenvalue weighted by Gasteiger charge is 2.15. The molecule has 2 N–H and O–H groups in total. The van der Waals surface area contributed by atoms with Crippen LogP contribution in [0.25, 0.3) is 6.58 Å². The number of carbonyl (C=O) groups excluding carboxylic acids is 1. The van der Waals surface area contributed by atoms with Crippen LogP contribution in [0.5, 0.6) is 5.75 Å². The molecule has 1 unspecified atom stereocenters. The van der Waals surface area contributed by atoms with E-state index in [9.17, 15) is 9.59 Å². The van der Waals surface area contributed by atoms with E-state index in [0.29, 0.717) is 36.1 Å². The van der Waals surface area contributed by atoms with Gasteiger partial charge in [0.05, 0.1) is 18.3 Å². The highest BCUT2D eigenvalue weighted by atomic mass is 16.5. The number of aromatic nitrogens is 2. The fourth-order valence-corrected chi connectivity index (χ4v) is 3.28. The molecular weight excluding hydrogens is 368 g/mol. The number of H-pyrrole nitrogens is 1. The molecule has 29 heavy (non-hydrogen) atoms. The number of nitrogens with one attached hydrogen (secondary N) is 2. The van der Waals surface area contributed by atoms with Crippen LogP contribution in [0.3, 0.4) is 0 Å². The Morgan fingerprint density at radius 1 is 1.31 bits per heavy atom. The lowest BCUT2D eigenvalue weighted by molar-refractivity contribution is -0.116. The average molecular weight is 390 g/mol. The molecule has 0 bridgehead atoms. The molecule has 4 rings (SSSR count). The minimum absolute atomic E-state index is 0.0383. The molecule has 0 aliphatic carbocycles. The first-order valence-electron chi connectivity index (χ1n) is 9.50. The van der Waals surface area contributed by atoms with E-state index in [4.69, 9.17) is 4.74 Å². The quantitative estimate of drug-likeness (QED) is 0.528. The molecule has 1 atom stereocenters. The van der Waals surface area contributed by atoms with Crippen molar-refractivity contribution in [3.63, 3.8) is 0 Å². The third kappa shape index (κ3) is 4.13. The molecule has 0 radical (unpaired) electrons. The Balaban J connectivity index is 1.37. The molecule has 1 aromatic heterocycles. The van der Waals surface area contributed by atoms with Crippen molar-refractivity contribution in [1.29, 1.82) is 0 Å². The summed E-state index contributed by atoms with van der Waals surface area (Å²) in [6.45, 7) is 6.25. The maximum absolute atomic E-state index is 12.1. The number of para-hydroxylation sites is 1. The first kappa shape index (κ1) is 18.7. The first-order chi connectivity index (χ1) is 14.0. The fraction of sp³-hybridized carbons (Fsp3) is 0.227. The average Bonchev–Trinajstić information content (AvgIpc) is 2.99. The normalized spacial score (nSPS) is 13.0. The molecule has 0 saturated carbocycles. The number of carbonyl (C=O) groups is 1. The Hall–Kier alpha value is -3.61. The first-order valence-corrected chi connectivity index (χ1v) is 9.50. The lowest BCUT2D eigenvalue weighted by Crippen LogP contribution is -2.32. The van der Waals surface area contributed by atoms with Gasteiger partial charge < -0.3 is 14.6 Å². The van der Waals surface area contributed by atoms with Crippen LogP contribution in [0.2, 0.25) is 0 Å². The zero-order valence-electron chi connectivity index (χ0n) is 16.1. The van der Waals surface area contributed by atoms with Gasteiger partial charge in [-0.05, 0) is 43.7 Å². The summed E-state index contributed by atoms with van der Waals surface area (Å²) in [6.07, 6.45) is 0.845. The van der Waals surface area contributed by atoms with Gasteiger partial charge in [0.1, 0.15) is 11.1 Å². The van der Waals surface area contributed by atoms with Crippen molar-refractivity contribution in [1.82, 2.24) is 9.55 Å². The van der Waals surface area contributed by atoms with Gasteiger partial charge in [-0.15, -0.1) is 0 Å². The van der Waals surface area contributed by atoms with Gasteiger partial charge in [0.25, 0.3) is 5.56 Å². The highest BCUT2D eigenvalue weighted by Crippen LogP contribution is 2.27. The smallest absolute Gasteiger partial charge is 0.274 e. The second kappa shape index (κ2) is 7.79. The van der Waals surface area contributed by atoms with Crippen molar-refractivity contribution in [2.45, 2.75) is 32.4 Å². The molecule has 2 heterocycles. The van der Waals surface area contributed by atoms with Crippen molar-refractivity contribution < 1.29 is 9.53 Å². The highest BCUT2D eigenvalue weighted by molar-refractivity contribution is 5.90. The predicted octanol–water partition coefficient (Wildman–Crippen LogP) is 2.09. The summed E-state index contributed by atoms with van der Waals surface area (Å²) in [7, 11) is 0. The molecule has 0 fully saturated rings. The van der Waals surface area contributed by atoms with Crippen LogP contribution in [0.1, 0.15) is 25.3 Å². The Morgan fingerprint density at radius 2 is 2.10 bits per heavy atom. The molecule has 0 saturated heterocycles. The summed E-state index contributed by atoms with van der Waals surface area (Å²) in [4.78, 5) is 31.0. The molecule has 1 amide bonds. The number of ether oxygens (including phenoxy) is 1. The molecule has 7 heteroatoms. The molecule has 3 aromatic rings. The van der Waals surface area contributed by atoms with Gasteiger partial charge in [-0.1, -0.05) is 24.8 Å². The molecule has 148 valence electrons. The number of hydrogen-bond acceptors (Lipinski definition) is 4. The topological polar surface area (TPSA) is 88.5 Å². The number of benzene rings is 2. The van der Waals surface area contributed by atoms with Crippen LogP contribution in [0.4, 0.5) is 11.4 Å². The SMILES string of the molecule is C=c1c(=O)[nH]c2n1Cc1cc(OC(C)CCC(=O)Nc3ccccc3)ccc1N=2. The Labute approximate surface area is 167 Å². The summed E-state index contributed by atoms with van der Waals surface area (Å²) >= 11 is 0. The van der Waals surface area contributed by atoms with Gasteiger partial charge in [0, 0.05) is 17.7 Å². The molecule has 1 aliphatic rings. The lowest BCUT2D eigenvalue weighted by atomic mass is 10.1. The Kier molecular flexibility index (Phi) is 5.03. The minimum Gasteiger partial charge on any atom is -0.491 e. The number of amides is 1. The van der Waals surface area contributed by atoms with Crippen molar-refractivity contribution in [3.8, 4) is 5.75 Å². The van der Waals surface area contributed by atoms with E-state index >= 15 is 0 Å². The fourth-order valence-electron chi connectivity index (χ4n) is 3.28. The summed E-state index contributed by atoms with van der Waals surface area (Å²) in [5.74, 6) is 0.672. The molecule has 7 nitrogen and oxygen atoms in total. The van der Waals surface area contributed by atoms with Crippen LogP contribution in [0, 0.1) is 0 Å². The second-order valence-corrected chi connectivity index (χ2v) is 7.09. The largest absolute Gasteiger partial charge is 0.491 e.